The van der Waals surface area contributed by atoms with Gasteiger partial charge in [-0.25, -0.2) is 9.97 Å². The lowest BCUT2D eigenvalue weighted by Gasteiger charge is -2.19. The van der Waals surface area contributed by atoms with Gasteiger partial charge in [-0.3, -0.25) is 0 Å². The molecule has 0 radical (unpaired) electrons. The average Bonchev–Trinajstić information content (AvgIpc) is 2.31. The van der Waals surface area contributed by atoms with Crippen LogP contribution in [0.25, 0.3) is 0 Å². The van der Waals surface area contributed by atoms with Gasteiger partial charge in [0.05, 0.1) is 17.9 Å². The summed E-state index contributed by atoms with van der Waals surface area (Å²) in [6.07, 6.45) is 3.48. The zero-order valence-corrected chi connectivity index (χ0v) is 9.17. The van der Waals surface area contributed by atoms with Crippen LogP contribution < -0.4 is 10.6 Å². The molecule has 0 fully saturated rings. The molecule has 1 aromatic heterocycles. The van der Waals surface area contributed by atoms with Crippen molar-refractivity contribution in [3.05, 3.63) is 48.5 Å². The first-order valence-corrected chi connectivity index (χ1v) is 5.09. The van der Waals surface area contributed by atoms with E-state index in [-0.39, 0.29) is 0 Å². The second kappa shape index (κ2) is 4.61. The highest BCUT2D eigenvalue weighted by atomic mass is 15.1. The smallest absolute Gasteiger partial charge is 0.147 e. The largest absolute Gasteiger partial charge is 0.397 e. The second-order valence-corrected chi connectivity index (χ2v) is 3.58. The first kappa shape index (κ1) is 10.4. The lowest BCUT2D eigenvalue weighted by molar-refractivity contribution is 0.838. The van der Waals surface area contributed by atoms with Gasteiger partial charge in [0.25, 0.3) is 0 Å². The molecule has 0 spiro atoms. The maximum Gasteiger partial charge on any atom is 0.147 e. The predicted molar refractivity (Wildman–Crippen MR) is 65.0 cm³/mol. The van der Waals surface area contributed by atoms with E-state index in [0.29, 0.717) is 6.54 Å². The Balaban J connectivity index is 2.15. The zero-order chi connectivity index (χ0) is 11.4. The molecule has 2 rings (SSSR count). The number of hydrogen-bond acceptors (Lipinski definition) is 4. The van der Waals surface area contributed by atoms with E-state index in [1.807, 2.05) is 36.2 Å². The summed E-state index contributed by atoms with van der Waals surface area (Å²) in [7, 11) is 1.97. The first-order valence-electron chi connectivity index (χ1n) is 5.09. The Hall–Kier alpha value is -2.10. The van der Waals surface area contributed by atoms with E-state index in [1.54, 1.807) is 18.5 Å². The van der Waals surface area contributed by atoms with Crippen LogP contribution in [-0.4, -0.2) is 17.0 Å². The topological polar surface area (TPSA) is 55.0 Å². The molecule has 82 valence electrons. The van der Waals surface area contributed by atoms with Gasteiger partial charge in [-0.1, -0.05) is 12.1 Å². The Morgan fingerprint density at radius 3 is 2.50 bits per heavy atom. The minimum atomic E-state index is 0.648. The molecule has 4 nitrogen and oxygen atoms in total. The molecule has 2 aromatic rings. The third-order valence-electron chi connectivity index (χ3n) is 2.35. The van der Waals surface area contributed by atoms with Crippen molar-refractivity contribution in [1.82, 2.24) is 9.97 Å². The highest BCUT2D eigenvalue weighted by molar-refractivity contribution is 5.66. The molecule has 0 bridgehead atoms. The van der Waals surface area contributed by atoms with Gasteiger partial charge in [0, 0.05) is 19.4 Å². The molecule has 0 aliphatic carbocycles. The van der Waals surface area contributed by atoms with Gasteiger partial charge in [0.2, 0.25) is 0 Å². The summed E-state index contributed by atoms with van der Waals surface area (Å²) in [5.74, 6) is 0.785. The Morgan fingerprint density at radius 2 is 1.81 bits per heavy atom. The van der Waals surface area contributed by atoms with Crippen LogP contribution in [0, 0.1) is 0 Å². The Labute approximate surface area is 94.8 Å². The zero-order valence-electron chi connectivity index (χ0n) is 9.17. The summed E-state index contributed by atoms with van der Waals surface area (Å²) >= 11 is 0. The number of nitrogens with zero attached hydrogens (tertiary/aromatic N) is 3. The van der Waals surface area contributed by atoms with Gasteiger partial charge in [0.1, 0.15) is 5.82 Å². The van der Waals surface area contributed by atoms with E-state index >= 15 is 0 Å². The van der Waals surface area contributed by atoms with Crippen molar-refractivity contribution >= 4 is 11.4 Å². The van der Waals surface area contributed by atoms with Gasteiger partial charge in [0.15, 0.2) is 0 Å². The lowest BCUT2D eigenvalue weighted by atomic mass is 10.2. The SMILES string of the molecule is CN(Cc1ncccn1)c1ccccc1N. The van der Waals surface area contributed by atoms with E-state index in [0.717, 1.165) is 17.2 Å². The molecule has 0 unspecified atom stereocenters. The van der Waals surface area contributed by atoms with E-state index < -0.39 is 0 Å². The molecule has 0 saturated carbocycles. The van der Waals surface area contributed by atoms with E-state index in [4.69, 9.17) is 5.73 Å². The lowest BCUT2D eigenvalue weighted by Crippen LogP contribution is -2.19. The fraction of sp³-hybridized carbons (Fsp3) is 0.167. The predicted octanol–water partition coefficient (Wildman–Crippen LogP) is 1.70. The van der Waals surface area contributed by atoms with E-state index in [2.05, 4.69) is 9.97 Å². The molecule has 16 heavy (non-hydrogen) atoms. The molecular formula is C12H14N4. The number of benzene rings is 1. The fourth-order valence-electron chi connectivity index (χ4n) is 1.54. The standard InChI is InChI=1S/C12H14N4/c1-16(9-12-14-7-4-8-15-12)11-6-3-2-5-10(11)13/h2-8H,9,13H2,1H3. The van der Waals surface area contributed by atoms with Crippen molar-refractivity contribution < 1.29 is 0 Å². The van der Waals surface area contributed by atoms with Crippen LogP contribution in [0.2, 0.25) is 0 Å². The summed E-state index contributed by atoms with van der Waals surface area (Å²) in [6.45, 7) is 0.648. The van der Waals surface area contributed by atoms with Crippen LogP contribution in [0.4, 0.5) is 11.4 Å². The van der Waals surface area contributed by atoms with Crippen LogP contribution in [0.1, 0.15) is 5.82 Å². The van der Waals surface area contributed by atoms with Crippen LogP contribution in [0.5, 0.6) is 0 Å². The van der Waals surface area contributed by atoms with Gasteiger partial charge in [-0.05, 0) is 18.2 Å². The molecule has 1 aromatic carbocycles. The molecule has 0 aliphatic rings. The Kier molecular flexibility index (Phi) is 3.00. The number of aromatic nitrogens is 2. The summed E-state index contributed by atoms with van der Waals surface area (Å²) in [5, 5.41) is 0. The number of rotatable bonds is 3. The van der Waals surface area contributed by atoms with Crippen LogP contribution in [0.3, 0.4) is 0 Å². The number of nitrogens with two attached hydrogens (primary N) is 1. The van der Waals surface area contributed by atoms with Crippen LogP contribution in [-0.2, 0) is 6.54 Å². The second-order valence-electron chi connectivity index (χ2n) is 3.58. The van der Waals surface area contributed by atoms with Crippen molar-refractivity contribution in [1.29, 1.82) is 0 Å². The third-order valence-corrected chi connectivity index (χ3v) is 2.35. The quantitative estimate of drug-likeness (QED) is 0.790. The first-order chi connectivity index (χ1) is 7.77. The van der Waals surface area contributed by atoms with Crippen molar-refractivity contribution in [3.63, 3.8) is 0 Å². The highest BCUT2D eigenvalue weighted by Crippen LogP contribution is 2.21. The molecule has 0 saturated heterocycles. The van der Waals surface area contributed by atoms with Crippen LogP contribution >= 0.6 is 0 Å². The van der Waals surface area contributed by atoms with Gasteiger partial charge < -0.3 is 10.6 Å². The monoisotopic (exact) mass is 214 g/mol. The van der Waals surface area contributed by atoms with Crippen LogP contribution in [0.15, 0.2) is 42.7 Å². The summed E-state index contributed by atoms with van der Waals surface area (Å²) in [5.41, 5.74) is 7.65. The van der Waals surface area contributed by atoms with Crippen molar-refractivity contribution in [2.45, 2.75) is 6.54 Å². The summed E-state index contributed by atoms with van der Waals surface area (Å²) in [6, 6.07) is 9.57. The third kappa shape index (κ3) is 2.28. The molecule has 4 heteroatoms. The van der Waals surface area contributed by atoms with Crippen molar-refractivity contribution in [2.75, 3.05) is 17.7 Å². The number of nitrogen functional groups attached to an aromatic ring is 1. The maximum absolute atomic E-state index is 5.89. The van der Waals surface area contributed by atoms with Gasteiger partial charge in [-0.15, -0.1) is 0 Å². The van der Waals surface area contributed by atoms with Crippen molar-refractivity contribution in [3.8, 4) is 0 Å². The molecule has 0 aliphatic heterocycles. The summed E-state index contributed by atoms with van der Waals surface area (Å²) < 4.78 is 0. The normalized spacial score (nSPS) is 10.1. The molecule has 0 atom stereocenters. The van der Waals surface area contributed by atoms with Gasteiger partial charge >= 0.3 is 0 Å². The van der Waals surface area contributed by atoms with Gasteiger partial charge in [-0.2, -0.15) is 0 Å². The molecule has 0 amide bonds. The minimum Gasteiger partial charge on any atom is -0.397 e. The summed E-state index contributed by atoms with van der Waals surface area (Å²) in [4.78, 5) is 10.4. The number of anilines is 2. The molecule has 2 N–H and O–H groups in total. The Morgan fingerprint density at radius 1 is 1.12 bits per heavy atom. The molecule has 1 heterocycles. The molecular weight excluding hydrogens is 200 g/mol. The maximum atomic E-state index is 5.89. The average molecular weight is 214 g/mol. The fourth-order valence-corrected chi connectivity index (χ4v) is 1.54. The van der Waals surface area contributed by atoms with E-state index in [9.17, 15) is 0 Å². The number of para-hydroxylation sites is 2. The van der Waals surface area contributed by atoms with E-state index in [1.165, 1.54) is 0 Å². The minimum absolute atomic E-state index is 0.648. The highest BCUT2D eigenvalue weighted by Gasteiger charge is 2.05. The Bertz CT molecular complexity index is 456. The number of hydrogen-bond donors (Lipinski definition) is 1. The van der Waals surface area contributed by atoms with Crippen molar-refractivity contribution in [2.24, 2.45) is 0 Å².